The third-order valence-electron chi connectivity index (χ3n) is 3.25. The Labute approximate surface area is 107 Å². The number of likely N-dealkylation sites (tertiary alicyclic amines) is 1. The maximum Gasteiger partial charge on any atom is 0.0234 e. The molecule has 2 heteroatoms. The van der Waals surface area contributed by atoms with Gasteiger partial charge in [-0.3, -0.25) is 4.90 Å². The van der Waals surface area contributed by atoms with E-state index >= 15 is 0 Å². The lowest BCUT2D eigenvalue weighted by Gasteiger charge is -2.30. The molecule has 1 saturated heterocycles. The van der Waals surface area contributed by atoms with Crippen LogP contribution < -0.4 is 0 Å². The molecule has 2 rings (SSSR count). The molecule has 0 spiro atoms. The van der Waals surface area contributed by atoms with Crippen molar-refractivity contribution in [3.8, 4) is 0 Å². The zero-order valence-corrected chi connectivity index (χ0v) is 11.8. The van der Waals surface area contributed by atoms with Crippen LogP contribution in [0.1, 0.15) is 30.9 Å². The van der Waals surface area contributed by atoms with Gasteiger partial charge in [0.05, 0.1) is 0 Å². The minimum absolute atomic E-state index is 0.863. The van der Waals surface area contributed by atoms with Crippen LogP contribution in [-0.4, -0.2) is 18.0 Å². The van der Waals surface area contributed by atoms with E-state index in [1.165, 1.54) is 41.5 Å². The van der Waals surface area contributed by atoms with Gasteiger partial charge in [-0.2, -0.15) is 0 Å². The summed E-state index contributed by atoms with van der Waals surface area (Å²) in [7, 11) is 0. The lowest BCUT2D eigenvalue weighted by molar-refractivity contribution is 0.176. The Morgan fingerprint density at radius 2 is 2.19 bits per heavy atom. The fourth-order valence-electron chi connectivity index (χ4n) is 2.59. The van der Waals surface area contributed by atoms with Gasteiger partial charge < -0.3 is 0 Å². The van der Waals surface area contributed by atoms with Crippen molar-refractivity contribution in [2.75, 3.05) is 13.1 Å². The summed E-state index contributed by atoms with van der Waals surface area (Å²) in [6, 6.07) is 6.71. The molecule has 0 N–H and O–H groups in total. The van der Waals surface area contributed by atoms with E-state index in [9.17, 15) is 0 Å². The zero-order valence-electron chi connectivity index (χ0n) is 10.2. The molecule has 0 bridgehead atoms. The molecule has 88 valence electrons. The van der Waals surface area contributed by atoms with Gasteiger partial charge in [0.25, 0.3) is 0 Å². The standard InChI is InChI=1S/C14H20BrN/c1-11-4-3-5-16(9-11)10-13-6-12(2)7-14(15)8-13/h6-8,11H,3-5,9-10H2,1-2H3. The maximum absolute atomic E-state index is 3.57. The first-order chi connectivity index (χ1) is 7.63. The number of rotatable bonds is 2. The Morgan fingerprint density at radius 1 is 1.38 bits per heavy atom. The Morgan fingerprint density at radius 3 is 2.88 bits per heavy atom. The molecule has 0 amide bonds. The Hall–Kier alpha value is -0.340. The van der Waals surface area contributed by atoms with Crippen LogP contribution in [0.25, 0.3) is 0 Å². The number of nitrogens with zero attached hydrogens (tertiary/aromatic N) is 1. The predicted molar refractivity (Wildman–Crippen MR) is 72.6 cm³/mol. The minimum Gasteiger partial charge on any atom is -0.299 e. The summed E-state index contributed by atoms with van der Waals surface area (Å²) in [6.45, 7) is 8.14. The summed E-state index contributed by atoms with van der Waals surface area (Å²) >= 11 is 3.57. The van der Waals surface area contributed by atoms with Crippen molar-refractivity contribution < 1.29 is 0 Å². The third-order valence-corrected chi connectivity index (χ3v) is 3.71. The number of hydrogen-bond acceptors (Lipinski definition) is 1. The summed E-state index contributed by atoms with van der Waals surface area (Å²) < 4.78 is 1.20. The highest BCUT2D eigenvalue weighted by molar-refractivity contribution is 9.10. The maximum atomic E-state index is 3.57. The van der Waals surface area contributed by atoms with Gasteiger partial charge in [0.2, 0.25) is 0 Å². The van der Waals surface area contributed by atoms with Crippen molar-refractivity contribution in [2.45, 2.75) is 33.2 Å². The van der Waals surface area contributed by atoms with Crippen LogP contribution in [0.3, 0.4) is 0 Å². The van der Waals surface area contributed by atoms with E-state index in [1.807, 2.05) is 0 Å². The quantitative estimate of drug-likeness (QED) is 0.792. The lowest BCUT2D eigenvalue weighted by atomic mass is 9.99. The molecule has 1 nitrogen and oxygen atoms in total. The molecule has 1 aromatic rings. The van der Waals surface area contributed by atoms with E-state index in [-0.39, 0.29) is 0 Å². The highest BCUT2D eigenvalue weighted by Gasteiger charge is 2.16. The number of piperidine rings is 1. The van der Waals surface area contributed by atoms with Gasteiger partial charge in [-0.05, 0) is 55.5 Å². The van der Waals surface area contributed by atoms with Crippen LogP contribution in [0, 0.1) is 12.8 Å². The van der Waals surface area contributed by atoms with Crippen molar-refractivity contribution in [3.05, 3.63) is 33.8 Å². The fraction of sp³-hybridized carbons (Fsp3) is 0.571. The van der Waals surface area contributed by atoms with Crippen molar-refractivity contribution in [1.29, 1.82) is 0 Å². The first-order valence-corrected chi connectivity index (χ1v) is 6.91. The van der Waals surface area contributed by atoms with Gasteiger partial charge in [0.1, 0.15) is 0 Å². The first-order valence-electron chi connectivity index (χ1n) is 6.12. The summed E-state index contributed by atoms with van der Waals surface area (Å²) in [5.74, 6) is 0.863. The smallest absolute Gasteiger partial charge is 0.0234 e. The van der Waals surface area contributed by atoms with Crippen molar-refractivity contribution in [3.63, 3.8) is 0 Å². The molecule has 1 aliphatic rings. The molecule has 16 heavy (non-hydrogen) atoms. The van der Waals surface area contributed by atoms with E-state index in [1.54, 1.807) is 0 Å². The predicted octanol–water partition coefficient (Wildman–Crippen LogP) is 3.99. The fourth-order valence-corrected chi connectivity index (χ4v) is 3.25. The van der Waals surface area contributed by atoms with E-state index in [0.29, 0.717) is 0 Å². The molecule has 1 heterocycles. The summed E-state index contributed by atoms with van der Waals surface area (Å²) in [5.41, 5.74) is 2.77. The molecule has 1 unspecified atom stereocenters. The van der Waals surface area contributed by atoms with Crippen LogP contribution in [0.5, 0.6) is 0 Å². The van der Waals surface area contributed by atoms with Crippen LogP contribution >= 0.6 is 15.9 Å². The average Bonchev–Trinajstić information content (AvgIpc) is 2.15. The molecule has 1 aliphatic heterocycles. The summed E-state index contributed by atoms with van der Waals surface area (Å²) in [5, 5.41) is 0. The van der Waals surface area contributed by atoms with Gasteiger partial charge >= 0.3 is 0 Å². The van der Waals surface area contributed by atoms with Crippen molar-refractivity contribution in [2.24, 2.45) is 5.92 Å². The second kappa shape index (κ2) is 5.33. The molecule has 0 aromatic heterocycles. The number of aryl methyl sites for hydroxylation is 1. The third kappa shape index (κ3) is 3.33. The van der Waals surface area contributed by atoms with Crippen molar-refractivity contribution in [1.82, 2.24) is 4.90 Å². The van der Waals surface area contributed by atoms with Crippen LogP contribution in [0.2, 0.25) is 0 Å². The Balaban J connectivity index is 2.02. The van der Waals surface area contributed by atoms with Crippen LogP contribution in [-0.2, 0) is 6.54 Å². The second-order valence-corrected chi connectivity index (χ2v) is 6.04. The average molecular weight is 282 g/mol. The largest absolute Gasteiger partial charge is 0.299 e. The minimum atomic E-state index is 0.863. The molecule has 0 radical (unpaired) electrons. The van der Waals surface area contributed by atoms with E-state index in [2.05, 4.69) is 52.9 Å². The van der Waals surface area contributed by atoms with Gasteiger partial charge in [0, 0.05) is 17.6 Å². The number of benzene rings is 1. The molecule has 0 saturated carbocycles. The molecule has 1 atom stereocenters. The SMILES string of the molecule is Cc1cc(Br)cc(CN2CCCC(C)C2)c1. The first kappa shape index (κ1) is 12.1. The normalized spacial score (nSPS) is 22.3. The Kier molecular flexibility index (Phi) is 4.04. The van der Waals surface area contributed by atoms with Gasteiger partial charge in [-0.25, -0.2) is 0 Å². The molecular formula is C14H20BrN. The van der Waals surface area contributed by atoms with Gasteiger partial charge in [-0.15, -0.1) is 0 Å². The van der Waals surface area contributed by atoms with Gasteiger partial charge in [-0.1, -0.05) is 28.9 Å². The van der Waals surface area contributed by atoms with Crippen LogP contribution in [0.15, 0.2) is 22.7 Å². The monoisotopic (exact) mass is 281 g/mol. The molecule has 1 aromatic carbocycles. The summed E-state index contributed by atoms with van der Waals surface area (Å²) in [4.78, 5) is 2.58. The number of hydrogen-bond donors (Lipinski definition) is 0. The van der Waals surface area contributed by atoms with E-state index in [4.69, 9.17) is 0 Å². The molecule has 0 aliphatic carbocycles. The van der Waals surface area contributed by atoms with E-state index < -0.39 is 0 Å². The molecule has 1 fully saturated rings. The lowest BCUT2D eigenvalue weighted by Crippen LogP contribution is -2.33. The zero-order chi connectivity index (χ0) is 11.5. The van der Waals surface area contributed by atoms with Crippen LogP contribution in [0.4, 0.5) is 0 Å². The van der Waals surface area contributed by atoms with Gasteiger partial charge in [0.15, 0.2) is 0 Å². The molecular weight excluding hydrogens is 262 g/mol. The highest BCUT2D eigenvalue weighted by atomic mass is 79.9. The Bertz CT molecular complexity index is 342. The van der Waals surface area contributed by atoms with Crippen molar-refractivity contribution >= 4 is 15.9 Å². The second-order valence-electron chi connectivity index (χ2n) is 5.12. The highest BCUT2D eigenvalue weighted by Crippen LogP contribution is 2.20. The number of halogens is 1. The summed E-state index contributed by atoms with van der Waals surface area (Å²) in [6.07, 6.45) is 2.75. The topological polar surface area (TPSA) is 3.24 Å². The van der Waals surface area contributed by atoms with E-state index in [0.717, 1.165) is 12.5 Å².